The third kappa shape index (κ3) is 8.63. The van der Waals surface area contributed by atoms with E-state index in [-0.39, 0.29) is 36.7 Å². The fourth-order valence-electron chi connectivity index (χ4n) is 6.39. The zero-order valence-electron chi connectivity index (χ0n) is 30.2. The number of hydrogen-bond acceptors (Lipinski definition) is 12. The highest BCUT2D eigenvalue weighted by Crippen LogP contribution is 2.43. The lowest BCUT2D eigenvalue weighted by Gasteiger charge is -2.37. The van der Waals surface area contributed by atoms with Gasteiger partial charge in [-0.15, -0.1) is 0 Å². The maximum absolute atomic E-state index is 13.1. The number of hydrogen-bond donors (Lipinski definition) is 3. The third-order valence-electron chi connectivity index (χ3n) is 9.06. The Morgan fingerprint density at radius 2 is 1.62 bits per heavy atom. The van der Waals surface area contributed by atoms with Crippen LogP contribution in [0.2, 0.25) is 0 Å². The summed E-state index contributed by atoms with van der Waals surface area (Å²) in [5, 5.41) is 23.3. The SMILES string of the molecule is COc1ccc(C(OC[C@H]2O[C@@H](n3cnc4c(=O)[nH]c(NC(=O)C(Cl)(Cl)Cl)nc43)[C@H](OC(C)OCCC#N)[C@@H]2O)(c2ccccc2)c2ccc(OC)cc2)cc1. The van der Waals surface area contributed by atoms with Crippen LogP contribution in [0.3, 0.4) is 0 Å². The first-order valence-corrected chi connectivity index (χ1v) is 18.3. The Bertz CT molecular complexity index is 2160. The van der Waals surface area contributed by atoms with Crippen molar-refractivity contribution in [3.63, 3.8) is 0 Å². The van der Waals surface area contributed by atoms with Gasteiger partial charge >= 0.3 is 0 Å². The molecule has 294 valence electrons. The first kappa shape index (κ1) is 40.9. The number of halogens is 3. The van der Waals surface area contributed by atoms with E-state index in [0.717, 1.165) is 16.7 Å². The highest BCUT2D eigenvalue weighted by molar-refractivity contribution is 6.76. The molecule has 3 heterocycles. The van der Waals surface area contributed by atoms with E-state index in [1.807, 2.05) is 84.9 Å². The van der Waals surface area contributed by atoms with E-state index < -0.39 is 51.7 Å². The molecule has 5 aromatic rings. The highest BCUT2D eigenvalue weighted by Gasteiger charge is 2.49. The minimum absolute atomic E-state index is 0.0473. The topological polar surface area (TPSA) is 192 Å². The number of nitrogens with zero attached hydrogens (tertiary/aromatic N) is 4. The number of aromatic amines is 1. The molecule has 18 heteroatoms. The smallest absolute Gasteiger partial charge is 0.280 e. The van der Waals surface area contributed by atoms with Gasteiger partial charge in [0.25, 0.3) is 15.3 Å². The monoisotopic (exact) mass is 826 g/mol. The number of aromatic nitrogens is 4. The number of imidazole rings is 1. The second-order valence-electron chi connectivity index (χ2n) is 12.5. The number of carbonyl (C=O) groups is 1. The van der Waals surface area contributed by atoms with Crippen LogP contribution in [0.5, 0.6) is 11.5 Å². The standard InChI is InChI=1S/C38H37Cl3N6O9/c1-22(53-19-7-18-42)55-31-30(48)28(56-34(31)47-21-43-29-32(47)44-36(45-33(29)49)46-35(50)38(39,40)41)20-54-37(23-8-5-4-6-9-23,24-10-14-26(51-2)15-11-24)25-12-16-27(52-3)17-13-25/h4-6,8-17,21-22,28,30-31,34,48H,7,19-20H2,1-3H3,(H2,44,45,46,49,50)/t22?,28-,30-,31-,34-/m1/s1. The van der Waals surface area contributed by atoms with Gasteiger partial charge in [-0.05, 0) is 47.9 Å². The van der Waals surface area contributed by atoms with Crippen LogP contribution in [0.1, 0.15) is 36.3 Å². The predicted octanol–water partition coefficient (Wildman–Crippen LogP) is 5.37. The molecule has 1 unspecified atom stereocenters. The van der Waals surface area contributed by atoms with Crippen LogP contribution in [-0.4, -0.2) is 86.4 Å². The Labute approximate surface area is 335 Å². The van der Waals surface area contributed by atoms with Crippen LogP contribution >= 0.6 is 34.8 Å². The largest absolute Gasteiger partial charge is 0.497 e. The number of fused-ring (bicyclic) bond motifs is 1. The summed E-state index contributed by atoms with van der Waals surface area (Å²) in [5.41, 5.74) is 0.142. The van der Waals surface area contributed by atoms with Gasteiger partial charge in [-0.2, -0.15) is 10.2 Å². The molecule has 1 saturated heterocycles. The van der Waals surface area contributed by atoms with E-state index in [4.69, 9.17) is 68.5 Å². The fourth-order valence-corrected chi connectivity index (χ4v) is 6.53. The average Bonchev–Trinajstić information content (AvgIpc) is 3.76. The number of nitriles is 1. The molecule has 0 aliphatic carbocycles. The first-order valence-electron chi connectivity index (χ1n) is 17.2. The first-order chi connectivity index (χ1) is 26.9. The number of benzene rings is 3. The minimum atomic E-state index is -2.35. The van der Waals surface area contributed by atoms with Crippen molar-refractivity contribution in [2.45, 2.75) is 53.6 Å². The lowest BCUT2D eigenvalue weighted by Crippen LogP contribution is -2.41. The summed E-state index contributed by atoms with van der Waals surface area (Å²) in [7, 11) is 3.16. The molecule has 6 rings (SSSR count). The van der Waals surface area contributed by atoms with Gasteiger partial charge in [0.15, 0.2) is 23.7 Å². The maximum atomic E-state index is 13.1. The van der Waals surface area contributed by atoms with Gasteiger partial charge in [-0.1, -0.05) is 89.4 Å². The molecule has 0 saturated carbocycles. The van der Waals surface area contributed by atoms with Crippen LogP contribution in [0.25, 0.3) is 11.2 Å². The Kier molecular flexibility index (Phi) is 12.8. The van der Waals surface area contributed by atoms with Crippen LogP contribution in [0.15, 0.2) is 90.0 Å². The summed E-state index contributed by atoms with van der Waals surface area (Å²) < 4.78 is 35.4. The van der Waals surface area contributed by atoms with Crippen molar-refractivity contribution in [3.8, 4) is 17.6 Å². The van der Waals surface area contributed by atoms with Gasteiger partial charge in [0.1, 0.15) is 35.4 Å². The minimum Gasteiger partial charge on any atom is -0.497 e. The molecule has 56 heavy (non-hydrogen) atoms. The fraction of sp³-hybridized carbons (Fsp3) is 0.342. The number of methoxy groups -OCH3 is 2. The number of amides is 1. The van der Waals surface area contributed by atoms with Crippen LogP contribution in [0.4, 0.5) is 5.95 Å². The van der Waals surface area contributed by atoms with Crippen molar-refractivity contribution in [1.29, 1.82) is 5.26 Å². The summed E-state index contributed by atoms with van der Waals surface area (Å²) in [6, 6.07) is 26.5. The van der Waals surface area contributed by atoms with Crippen LogP contribution in [-0.2, 0) is 29.3 Å². The Hall–Kier alpha value is -4.76. The van der Waals surface area contributed by atoms with E-state index in [9.17, 15) is 14.7 Å². The number of nitrogens with one attached hydrogen (secondary N) is 2. The second kappa shape index (κ2) is 17.6. The van der Waals surface area contributed by atoms with Gasteiger partial charge in [-0.3, -0.25) is 24.5 Å². The maximum Gasteiger partial charge on any atom is 0.280 e. The molecule has 1 aliphatic heterocycles. The molecule has 1 aliphatic rings. The molecular formula is C38H37Cl3N6O9. The number of alkyl halides is 3. The summed E-state index contributed by atoms with van der Waals surface area (Å²) in [6.45, 7) is 1.48. The molecule has 1 amide bonds. The lowest BCUT2D eigenvalue weighted by molar-refractivity contribution is -0.192. The van der Waals surface area contributed by atoms with Crippen molar-refractivity contribution < 1.29 is 38.3 Å². The summed E-state index contributed by atoms with van der Waals surface area (Å²) in [6.07, 6.45) is -4.27. The number of ether oxygens (including phenoxy) is 6. The van der Waals surface area contributed by atoms with Gasteiger partial charge in [0.2, 0.25) is 5.95 Å². The van der Waals surface area contributed by atoms with Crippen molar-refractivity contribution in [2.24, 2.45) is 0 Å². The molecule has 15 nitrogen and oxygen atoms in total. The Morgan fingerprint density at radius 1 is 1.02 bits per heavy atom. The van der Waals surface area contributed by atoms with Gasteiger partial charge in [0.05, 0.1) is 46.3 Å². The zero-order chi connectivity index (χ0) is 40.0. The number of aliphatic hydroxyl groups is 1. The molecule has 0 bridgehead atoms. The van der Waals surface area contributed by atoms with Crippen LogP contribution in [0, 0.1) is 11.3 Å². The molecule has 3 aromatic carbocycles. The molecular weight excluding hydrogens is 791 g/mol. The number of anilines is 1. The zero-order valence-corrected chi connectivity index (χ0v) is 32.5. The lowest BCUT2D eigenvalue weighted by atomic mass is 9.80. The van der Waals surface area contributed by atoms with E-state index in [1.165, 1.54) is 10.9 Å². The van der Waals surface area contributed by atoms with Crippen molar-refractivity contribution in [2.75, 3.05) is 32.8 Å². The van der Waals surface area contributed by atoms with E-state index in [1.54, 1.807) is 21.1 Å². The quantitative estimate of drug-likeness (QED) is 0.0530. The normalized spacial score (nSPS) is 19.0. The summed E-state index contributed by atoms with van der Waals surface area (Å²) >= 11 is 17.2. The molecule has 0 radical (unpaired) electrons. The summed E-state index contributed by atoms with van der Waals surface area (Å²) in [5.74, 6) is -0.120. The van der Waals surface area contributed by atoms with E-state index >= 15 is 0 Å². The number of rotatable bonds is 15. The number of H-pyrrole nitrogens is 1. The Balaban J connectivity index is 1.41. The van der Waals surface area contributed by atoms with Crippen molar-refractivity contribution in [3.05, 3.63) is 112 Å². The predicted molar refractivity (Wildman–Crippen MR) is 206 cm³/mol. The van der Waals surface area contributed by atoms with Crippen LogP contribution < -0.4 is 20.3 Å². The number of carbonyl (C=O) groups excluding carboxylic acids is 1. The summed E-state index contributed by atoms with van der Waals surface area (Å²) in [4.78, 5) is 36.5. The average molecular weight is 828 g/mol. The molecule has 0 spiro atoms. The van der Waals surface area contributed by atoms with Crippen molar-refractivity contribution >= 4 is 57.8 Å². The molecule has 3 N–H and O–H groups in total. The van der Waals surface area contributed by atoms with Gasteiger partial charge < -0.3 is 33.5 Å². The number of aliphatic hydroxyl groups excluding tert-OH is 1. The molecule has 2 aromatic heterocycles. The van der Waals surface area contributed by atoms with E-state index in [2.05, 4.69) is 20.3 Å². The second-order valence-corrected chi connectivity index (χ2v) is 14.8. The van der Waals surface area contributed by atoms with Gasteiger partial charge in [-0.25, -0.2) is 4.98 Å². The van der Waals surface area contributed by atoms with E-state index in [0.29, 0.717) is 11.5 Å². The molecule has 5 atom stereocenters. The molecule has 1 fully saturated rings. The van der Waals surface area contributed by atoms with Gasteiger partial charge in [0, 0.05) is 0 Å². The Morgan fingerprint density at radius 3 is 2.20 bits per heavy atom. The van der Waals surface area contributed by atoms with Crippen molar-refractivity contribution in [1.82, 2.24) is 19.5 Å². The highest BCUT2D eigenvalue weighted by atomic mass is 35.6. The third-order valence-corrected chi connectivity index (χ3v) is 9.58.